The van der Waals surface area contributed by atoms with E-state index in [1.165, 1.54) is 18.7 Å². The highest BCUT2D eigenvalue weighted by Crippen LogP contribution is 2.30. The van der Waals surface area contributed by atoms with Crippen molar-refractivity contribution in [3.63, 3.8) is 0 Å². The molecule has 0 aromatic heterocycles. The average molecular weight is 232 g/mol. The third-order valence-corrected chi connectivity index (χ3v) is 4.36. The van der Waals surface area contributed by atoms with E-state index in [4.69, 9.17) is 10.5 Å². The van der Waals surface area contributed by atoms with E-state index in [-0.39, 0.29) is 6.10 Å². The molecule has 0 amide bonds. The molecule has 0 saturated carbocycles. The number of nitrogens with zero attached hydrogens (tertiary/aromatic N) is 1. The molecule has 1 saturated heterocycles. The van der Waals surface area contributed by atoms with E-state index in [9.17, 15) is 0 Å². The summed E-state index contributed by atoms with van der Waals surface area (Å²) >= 11 is 2.07. The van der Waals surface area contributed by atoms with Gasteiger partial charge in [0, 0.05) is 37.2 Å². The third-order valence-electron chi connectivity index (χ3n) is 2.99. The summed E-state index contributed by atoms with van der Waals surface area (Å²) in [6.07, 6.45) is 1.44. The number of hydrogen-bond donors (Lipinski definition) is 1. The summed E-state index contributed by atoms with van der Waals surface area (Å²) in [5.74, 6) is 1.22. The summed E-state index contributed by atoms with van der Waals surface area (Å²) in [5, 5.41) is 0. The van der Waals surface area contributed by atoms with Gasteiger partial charge in [-0.2, -0.15) is 11.8 Å². The minimum atomic E-state index is 0.191. The van der Waals surface area contributed by atoms with Crippen molar-refractivity contribution in [3.8, 4) is 0 Å². The molecule has 1 unspecified atom stereocenters. The third kappa shape index (κ3) is 4.72. The van der Waals surface area contributed by atoms with Gasteiger partial charge in [0.25, 0.3) is 0 Å². The van der Waals surface area contributed by atoms with Crippen LogP contribution in [0, 0.1) is 0 Å². The van der Waals surface area contributed by atoms with Crippen LogP contribution >= 0.6 is 11.8 Å². The molecule has 1 rings (SSSR count). The van der Waals surface area contributed by atoms with Crippen LogP contribution in [0.4, 0.5) is 0 Å². The quantitative estimate of drug-likeness (QED) is 0.790. The van der Waals surface area contributed by atoms with Crippen LogP contribution in [0.5, 0.6) is 0 Å². The van der Waals surface area contributed by atoms with Gasteiger partial charge >= 0.3 is 0 Å². The first-order chi connectivity index (χ1) is 7.07. The highest BCUT2D eigenvalue weighted by atomic mass is 32.2. The predicted octanol–water partition coefficient (Wildman–Crippen LogP) is 1.18. The fourth-order valence-electron chi connectivity index (χ4n) is 1.78. The van der Waals surface area contributed by atoms with Crippen LogP contribution in [-0.4, -0.2) is 54.8 Å². The Morgan fingerprint density at radius 1 is 1.47 bits per heavy atom. The Balaban J connectivity index is 2.37. The van der Waals surface area contributed by atoms with Crippen molar-refractivity contribution in [1.82, 2.24) is 4.90 Å². The number of ether oxygens (including phenoxy) is 1. The van der Waals surface area contributed by atoms with Gasteiger partial charge in [-0.3, -0.25) is 4.90 Å². The van der Waals surface area contributed by atoms with E-state index in [0.717, 1.165) is 13.1 Å². The summed E-state index contributed by atoms with van der Waals surface area (Å²) in [4.78, 5) is 2.47. The van der Waals surface area contributed by atoms with Crippen LogP contribution in [-0.2, 0) is 4.74 Å². The topological polar surface area (TPSA) is 38.5 Å². The molecule has 0 aromatic rings. The molecule has 1 atom stereocenters. The lowest BCUT2D eigenvalue weighted by Crippen LogP contribution is -2.39. The van der Waals surface area contributed by atoms with Crippen molar-refractivity contribution in [2.75, 3.05) is 39.0 Å². The normalized spacial score (nSPS) is 24.8. The second kappa shape index (κ2) is 6.09. The standard InChI is InChI=1S/C11H24N2OS/c1-11(2)4-5-13(6-7-15-11)9-10(8-12)14-3/h10H,4-9,12H2,1-3H3. The van der Waals surface area contributed by atoms with Gasteiger partial charge < -0.3 is 10.5 Å². The first kappa shape index (κ1) is 13.3. The smallest absolute Gasteiger partial charge is 0.0820 e. The fourth-order valence-corrected chi connectivity index (χ4v) is 2.92. The largest absolute Gasteiger partial charge is 0.379 e. The Labute approximate surface area is 97.7 Å². The number of nitrogens with two attached hydrogens (primary N) is 1. The molecule has 1 aliphatic rings. The molecule has 90 valence electrons. The van der Waals surface area contributed by atoms with Gasteiger partial charge in [-0.05, 0) is 13.0 Å². The van der Waals surface area contributed by atoms with Crippen LogP contribution < -0.4 is 5.73 Å². The SMILES string of the molecule is COC(CN)CN1CCSC(C)(C)CC1. The number of thioether (sulfide) groups is 1. The molecule has 4 heteroatoms. The Kier molecular flexibility index (Phi) is 5.39. The van der Waals surface area contributed by atoms with Crippen LogP contribution in [0.2, 0.25) is 0 Å². The molecule has 1 heterocycles. The Morgan fingerprint density at radius 3 is 2.80 bits per heavy atom. The monoisotopic (exact) mass is 232 g/mol. The maximum absolute atomic E-state index is 5.64. The molecular formula is C11H24N2OS. The summed E-state index contributed by atoms with van der Waals surface area (Å²) in [5.41, 5.74) is 5.64. The van der Waals surface area contributed by atoms with Gasteiger partial charge in [0.1, 0.15) is 0 Å². The lowest BCUT2D eigenvalue weighted by molar-refractivity contribution is 0.0716. The average Bonchev–Trinajstić information content (AvgIpc) is 2.36. The van der Waals surface area contributed by atoms with E-state index in [1.807, 2.05) is 0 Å². The van der Waals surface area contributed by atoms with E-state index in [1.54, 1.807) is 7.11 Å². The Hall–Kier alpha value is 0.230. The zero-order valence-corrected chi connectivity index (χ0v) is 11.0. The highest BCUT2D eigenvalue weighted by molar-refractivity contribution is 8.00. The molecule has 2 N–H and O–H groups in total. The second-order valence-corrected chi connectivity index (χ2v) is 6.55. The Morgan fingerprint density at radius 2 is 2.20 bits per heavy atom. The maximum Gasteiger partial charge on any atom is 0.0820 e. The van der Waals surface area contributed by atoms with E-state index >= 15 is 0 Å². The van der Waals surface area contributed by atoms with Crippen LogP contribution in [0.25, 0.3) is 0 Å². The minimum absolute atomic E-state index is 0.191. The first-order valence-electron chi connectivity index (χ1n) is 5.66. The van der Waals surface area contributed by atoms with Crippen molar-refractivity contribution in [2.45, 2.75) is 31.1 Å². The second-order valence-electron chi connectivity index (χ2n) is 4.75. The molecule has 0 bridgehead atoms. The Bertz CT molecular complexity index is 183. The van der Waals surface area contributed by atoms with E-state index in [2.05, 4.69) is 30.5 Å². The van der Waals surface area contributed by atoms with Crippen molar-refractivity contribution >= 4 is 11.8 Å². The summed E-state index contributed by atoms with van der Waals surface area (Å²) in [6, 6.07) is 0. The fraction of sp³-hybridized carbons (Fsp3) is 1.00. The van der Waals surface area contributed by atoms with E-state index in [0.29, 0.717) is 11.3 Å². The summed E-state index contributed by atoms with van der Waals surface area (Å²) in [7, 11) is 1.74. The van der Waals surface area contributed by atoms with Crippen molar-refractivity contribution < 1.29 is 4.74 Å². The molecule has 0 aliphatic carbocycles. The molecule has 0 aromatic carbocycles. The van der Waals surface area contributed by atoms with Gasteiger partial charge in [0.15, 0.2) is 0 Å². The minimum Gasteiger partial charge on any atom is -0.379 e. The van der Waals surface area contributed by atoms with Crippen LogP contribution in [0.15, 0.2) is 0 Å². The maximum atomic E-state index is 5.64. The molecule has 1 aliphatic heterocycles. The van der Waals surface area contributed by atoms with Crippen LogP contribution in [0.1, 0.15) is 20.3 Å². The molecule has 15 heavy (non-hydrogen) atoms. The number of rotatable bonds is 4. The van der Waals surface area contributed by atoms with Crippen molar-refractivity contribution in [3.05, 3.63) is 0 Å². The van der Waals surface area contributed by atoms with E-state index < -0.39 is 0 Å². The van der Waals surface area contributed by atoms with Gasteiger partial charge in [0.2, 0.25) is 0 Å². The molecule has 3 nitrogen and oxygen atoms in total. The van der Waals surface area contributed by atoms with Crippen molar-refractivity contribution in [2.24, 2.45) is 5.73 Å². The lowest BCUT2D eigenvalue weighted by Gasteiger charge is -2.25. The first-order valence-corrected chi connectivity index (χ1v) is 6.65. The number of methoxy groups -OCH3 is 1. The lowest BCUT2D eigenvalue weighted by atomic mass is 10.1. The predicted molar refractivity (Wildman–Crippen MR) is 67.4 cm³/mol. The zero-order chi connectivity index (χ0) is 11.3. The molecular weight excluding hydrogens is 208 g/mol. The van der Waals surface area contributed by atoms with Gasteiger partial charge in [-0.25, -0.2) is 0 Å². The van der Waals surface area contributed by atoms with Gasteiger partial charge in [-0.15, -0.1) is 0 Å². The molecule has 0 spiro atoms. The summed E-state index contributed by atoms with van der Waals surface area (Å²) < 4.78 is 5.75. The number of hydrogen-bond acceptors (Lipinski definition) is 4. The van der Waals surface area contributed by atoms with Crippen molar-refractivity contribution in [1.29, 1.82) is 0 Å². The highest BCUT2D eigenvalue weighted by Gasteiger charge is 2.24. The van der Waals surface area contributed by atoms with Gasteiger partial charge in [-0.1, -0.05) is 13.8 Å². The van der Waals surface area contributed by atoms with Gasteiger partial charge in [0.05, 0.1) is 6.10 Å². The molecule has 0 radical (unpaired) electrons. The summed E-state index contributed by atoms with van der Waals surface area (Å²) in [6.45, 7) is 8.58. The molecule has 1 fully saturated rings. The van der Waals surface area contributed by atoms with Crippen LogP contribution in [0.3, 0.4) is 0 Å². The zero-order valence-electron chi connectivity index (χ0n) is 10.2.